The maximum Gasteiger partial charge on any atom is 0.416 e. The predicted molar refractivity (Wildman–Crippen MR) is 87.2 cm³/mol. The summed E-state index contributed by atoms with van der Waals surface area (Å²) < 4.78 is 61.4. The summed E-state index contributed by atoms with van der Waals surface area (Å²) in [5.41, 5.74) is 0.163. The molecule has 2 aromatic heterocycles. The summed E-state index contributed by atoms with van der Waals surface area (Å²) in [5.74, 6) is 0.316. The first-order valence-corrected chi connectivity index (χ1v) is 7.97. The molecule has 0 atom stereocenters. The zero-order valence-corrected chi connectivity index (χ0v) is 13.9. The highest BCUT2D eigenvalue weighted by Crippen LogP contribution is 2.30. The molecule has 0 fully saturated rings. The first kappa shape index (κ1) is 17.8. The monoisotopic (exact) mass is 390 g/mol. The van der Waals surface area contributed by atoms with Crippen molar-refractivity contribution in [2.24, 2.45) is 0 Å². The van der Waals surface area contributed by atoms with Gasteiger partial charge in [0.2, 0.25) is 23.5 Å². The number of halogens is 4. The summed E-state index contributed by atoms with van der Waals surface area (Å²) in [6.07, 6.45) is -4.37. The number of nitrogens with zero attached hydrogens (tertiary/aromatic N) is 4. The molecule has 0 bridgehead atoms. The van der Waals surface area contributed by atoms with E-state index in [4.69, 9.17) is 8.94 Å². The zero-order valence-electron chi connectivity index (χ0n) is 13.9. The average molecular weight is 390 g/mol. The van der Waals surface area contributed by atoms with Crippen molar-refractivity contribution in [3.05, 3.63) is 71.7 Å². The third kappa shape index (κ3) is 3.75. The third-order valence-corrected chi connectivity index (χ3v) is 3.80. The van der Waals surface area contributed by atoms with Gasteiger partial charge in [0.15, 0.2) is 0 Å². The van der Waals surface area contributed by atoms with Crippen LogP contribution in [0.15, 0.2) is 57.5 Å². The number of hydrogen-bond donors (Lipinski definition) is 0. The van der Waals surface area contributed by atoms with Crippen molar-refractivity contribution in [2.45, 2.75) is 12.6 Å². The first-order chi connectivity index (χ1) is 13.4. The molecule has 0 amide bonds. The van der Waals surface area contributed by atoms with Crippen molar-refractivity contribution in [3.63, 3.8) is 0 Å². The fourth-order valence-corrected chi connectivity index (χ4v) is 2.42. The van der Waals surface area contributed by atoms with Crippen LogP contribution in [0.1, 0.15) is 17.3 Å². The second-order valence-electron chi connectivity index (χ2n) is 5.77. The number of aromatic nitrogens is 4. The molecule has 0 unspecified atom stereocenters. The van der Waals surface area contributed by atoms with Gasteiger partial charge in [-0.25, -0.2) is 4.39 Å². The van der Waals surface area contributed by atoms with Crippen LogP contribution in [0.2, 0.25) is 0 Å². The fourth-order valence-electron chi connectivity index (χ4n) is 2.42. The Balaban J connectivity index is 1.49. The van der Waals surface area contributed by atoms with Crippen molar-refractivity contribution in [1.29, 1.82) is 0 Å². The second-order valence-corrected chi connectivity index (χ2v) is 5.77. The molecule has 0 spiro atoms. The van der Waals surface area contributed by atoms with E-state index in [1.165, 1.54) is 36.4 Å². The largest absolute Gasteiger partial charge is 0.420 e. The van der Waals surface area contributed by atoms with E-state index in [0.29, 0.717) is 11.1 Å². The van der Waals surface area contributed by atoms with Crippen LogP contribution in [0.3, 0.4) is 0 Å². The van der Waals surface area contributed by atoms with Gasteiger partial charge in [0, 0.05) is 11.1 Å². The van der Waals surface area contributed by atoms with E-state index in [9.17, 15) is 17.6 Å². The molecule has 2 aromatic carbocycles. The Kier molecular flexibility index (Phi) is 4.38. The Morgan fingerprint density at radius 2 is 1.50 bits per heavy atom. The third-order valence-electron chi connectivity index (χ3n) is 3.80. The van der Waals surface area contributed by atoms with Crippen LogP contribution >= 0.6 is 0 Å². The second kappa shape index (κ2) is 6.87. The van der Waals surface area contributed by atoms with Crippen LogP contribution in [-0.2, 0) is 12.6 Å². The minimum atomic E-state index is -4.42. The quantitative estimate of drug-likeness (QED) is 0.476. The molecule has 0 radical (unpaired) electrons. The Labute approximate surface area is 154 Å². The molecule has 142 valence electrons. The smallest absolute Gasteiger partial charge is 0.416 e. The van der Waals surface area contributed by atoms with Crippen LogP contribution < -0.4 is 0 Å². The summed E-state index contributed by atoms with van der Waals surface area (Å²) in [5, 5.41) is 11.5. The molecule has 2 heterocycles. The zero-order chi connectivity index (χ0) is 19.7. The molecule has 10 heteroatoms. The summed E-state index contributed by atoms with van der Waals surface area (Å²) in [7, 11) is 0. The fraction of sp³-hybridized carbons (Fsp3) is 0.111. The topological polar surface area (TPSA) is 77.8 Å². The van der Waals surface area contributed by atoms with Crippen LogP contribution in [0.4, 0.5) is 17.6 Å². The van der Waals surface area contributed by atoms with E-state index >= 15 is 0 Å². The normalized spacial score (nSPS) is 11.7. The summed E-state index contributed by atoms with van der Waals surface area (Å²) in [6, 6.07) is 9.95. The number of benzene rings is 2. The van der Waals surface area contributed by atoms with Gasteiger partial charge in [-0.05, 0) is 36.4 Å². The minimum absolute atomic E-state index is 0.0435. The lowest BCUT2D eigenvalue weighted by atomic mass is 10.1. The Morgan fingerprint density at radius 3 is 2.18 bits per heavy atom. The Bertz CT molecular complexity index is 1090. The van der Waals surface area contributed by atoms with Crippen molar-refractivity contribution in [2.75, 3.05) is 0 Å². The lowest BCUT2D eigenvalue weighted by Gasteiger charge is -2.05. The maximum absolute atomic E-state index is 13.0. The van der Waals surface area contributed by atoms with Crippen molar-refractivity contribution in [1.82, 2.24) is 20.3 Å². The molecule has 28 heavy (non-hydrogen) atoms. The van der Waals surface area contributed by atoms with Crippen LogP contribution in [0.5, 0.6) is 0 Å². The molecule has 0 saturated heterocycles. The van der Waals surface area contributed by atoms with E-state index in [-0.39, 0.29) is 35.7 Å². The van der Waals surface area contributed by atoms with Crippen molar-refractivity contribution >= 4 is 0 Å². The van der Waals surface area contributed by atoms with Gasteiger partial charge in [-0.15, -0.1) is 10.2 Å². The maximum atomic E-state index is 13.0. The van der Waals surface area contributed by atoms with Gasteiger partial charge in [0.05, 0.1) is 5.56 Å². The van der Waals surface area contributed by atoms with Crippen LogP contribution in [-0.4, -0.2) is 20.3 Å². The predicted octanol–water partition coefficient (Wildman–Crippen LogP) is 4.54. The molecule has 0 aliphatic carbocycles. The van der Waals surface area contributed by atoms with Crippen molar-refractivity contribution in [3.8, 4) is 22.8 Å². The highest BCUT2D eigenvalue weighted by atomic mass is 19.4. The first-order valence-electron chi connectivity index (χ1n) is 7.97. The Hall–Kier alpha value is -3.56. The lowest BCUT2D eigenvalue weighted by molar-refractivity contribution is -0.137. The molecule has 0 N–H and O–H groups in total. The van der Waals surface area contributed by atoms with E-state index in [0.717, 1.165) is 12.1 Å². The van der Waals surface area contributed by atoms with Gasteiger partial charge in [-0.2, -0.15) is 18.2 Å². The molecule has 0 aliphatic rings. The van der Waals surface area contributed by atoms with E-state index in [2.05, 4.69) is 20.3 Å². The SMILES string of the molecule is Fc1ccc(-c2nnc(Cc3nc(-c4ccc(C(F)(F)F)cc4)no3)o2)cc1. The highest BCUT2D eigenvalue weighted by Gasteiger charge is 2.30. The van der Waals surface area contributed by atoms with Gasteiger partial charge in [0.1, 0.15) is 12.2 Å². The molecule has 0 aliphatic heterocycles. The van der Waals surface area contributed by atoms with Gasteiger partial charge in [0.25, 0.3) is 0 Å². The van der Waals surface area contributed by atoms with E-state index < -0.39 is 11.7 Å². The standard InChI is InChI=1S/C18H10F4N4O2/c19-13-7-3-11(4-8-13)17-25-24-15(27-17)9-14-23-16(26-28-14)10-1-5-12(6-2-10)18(20,21)22/h1-8H,9H2. The van der Waals surface area contributed by atoms with Crippen LogP contribution in [0.25, 0.3) is 22.8 Å². The molecular formula is C18H10F4N4O2. The van der Waals surface area contributed by atoms with Gasteiger partial charge in [-0.1, -0.05) is 17.3 Å². The molecule has 6 nitrogen and oxygen atoms in total. The van der Waals surface area contributed by atoms with Crippen molar-refractivity contribution < 1.29 is 26.5 Å². The molecule has 0 saturated carbocycles. The summed E-state index contributed by atoms with van der Waals surface area (Å²) in [4.78, 5) is 4.12. The Morgan fingerprint density at radius 1 is 0.821 bits per heavy atom. The highest BCUT2D eigenvalue weighted by molar-refractivity contribution is 5.55. The molecule has 4 rings (SSSR count). The average Bonchev–Trinajstić information content (AvgIpc) is 3.32. The van der Waals surface area contributed by atoms with Crippen LogP contribution in [0, 0.1) is 5.82 Å². The van der Waals surface area contributed by atoms with Gasteiger partial charge in [-0.3, -0.25) is 0 Å². The number of alkyl halides is 3. The number of rotatable bonds is 4. The molecule has 4 aromatic rings. The van der Waals surface area contributed by atoms with E-state index in [1.54, 1.807) is 0 Å². The summed E-state index contributed by atoms with van der Waals surface area (Å²) >= 11 is 0. The van der Waals surface area contributed by atoms with Gasteiger partial charge < -0.3 is 8.94 Å². The lowest BCUT2D eigenvalue weighted by Crippen LogP contribution is -2.04. The molecular weight excluding hydrogens is 380 g/mol. The minimum Gasteiger partial charge on any atom is -0.420 e. The summed E-state index contributed by atoms with van der Waals surface area (Å²) in [6.45, 7) is 0. The van der Waals surface area contributed by atoms with Gasteiger partial charge >= 0.3 is 6.18 Å². The van der Waals surface area contributed by atoms with E-state index in [1.807, 2.05) is 0 Å². The number of hydrogen-bond acceptors (Lipinski definition) is 6.